The van der Waals surface area contributed by atoms with Crippen LogP contribution in [0.4, 0.5) is 5.69 Å². The molecule has 3 heterocycles. The average Bonchev–Trinajstić information content (AvgIpc) is 3.60. The fourth-order valence-electron chi connectivity index (χ4n) is 5.61. The number of carbonyl (C=O) groups is 1. The number of fused-ring (bicyclic) bond motifs is 4. The number of aromatic nitrogens is 2. The van der Waals surface area contributed by atoms with Crippen molar-refractivity contribution in [2.75, 3.05) is 38.7 Å². The molecule has 2 aromatic heterocycles. The van der Waals surface area contributed by atoms with E-state index in [0.717, 1.165) is 16.3 Å². The van der Waals surface area contributed by atoms with Gasteiger partial charge in [0.15, 0.2) is 11.5 Å². The Kier molecular flexibility index (Phi) is 15.7. The number of methoxy groups -OCH3 is 3. The summed E-state index contributed by atoms with van der Waals surface area (Å²) in [5.41, 5.74) is 3.03. The summed E-state index contributed by atoms with van der Waals surface area (Å²) in [6.07, 6.45) is 1.07. The Hall–Kier alpha value is -3.28. The van der Waals surface area contributed by atoms with E-state index in [9.17, 15) is 9.90 Å². The van der Waals surface area contributed by atoms with Crippen LogP contribution in [0.25, 0.3) is 21.8 Å². The second-order valence-electron chi connectivity index (χ2n) is 11.7. The Labute approximate surface area is 296 Å². The van der Waals surface area contributed by atoms with Crippen LogP contribution in [0.15, 0.2) is 36.5 Å². The molecular weight excluding hydrogens is 682 g/mol. The number of H-pyrrole nitrogens is 1. The summed E-state index contributed by atoms with van der Waals surface area (Å²) >= 11 is 6.29. The van der Waals surface area contributed by atoms with Crippen LogP contribution in [-0.4, -0.2) is 99.6 Å². The number of aromatic amines is 1. The quantitative estimate of drug-likeness (QED) is 0.133. The average molecular weight is 728 g/mol. The molecule has 48 heavy (non-hydrogen) atoms. The first-order valence-corrected chi connectivity index (χ1v) is 15.8. The summed E-state index contributed by atoms with van der Waals surface area (Å²) in [6, 6.07) is 8.82. The first-order valence-electron chi connectivity index (χ1n) is 15.3. The number of aromatic hydroxyl groups is 1. The Bertz CT molecular complexity index is 1620. The minimum Gasteiger partial charge on any atom is -0.506 e. The van der Waals surface area contributed by atoms with Gasteiger partial charge in [-0.2, -0.15) is 0 Å². The zero-order valence-corrected chi connectivity index (χ0v) is 30.3. The molecule has 1 aliphatic heterocycles. The summed E-state index contributed by atoms with van der Waals surface area (Å²) in [5.74, 6) is 1.40. The minimum atomic E-state index is -0.375. The van der Waals surface area contributed by atoms with Gasteiger partial charge in [0.25, 0.3) is 5.91 Å². The molecule has 12 nitrogen and oxygen atoms in total. The maximum atomic E-state index is 13.6. The molecule has 0 saturated carbocycles. The van der Waals surface area contributed by atoms with Crippen LogP contribution in [0, 0.1) is 0 Å². The maximum Gasteiger partial charge on any atom is 0.274 e. The normalized spacial score (nSPS) is 15.9. The maximum absolute atomic E-state index is 13.6. The van der Waals surface area contributed by atoms with E-state index in [-0.39, 0.29) is 59.4 Å². The van der Waals surface area contributed by atoms with Crippen LogP contribution in [0.5, 0.6) is 23.0 Å². The predicted molar refractivity (Wildman–Crippen MR) is 182 cm³/mol. The number of ether oxygens (including phenoxy) is 3. The van der Waals surface area contributed by atoms with Crippen molar-refractivity contribution in [2.45, 2.75) is 70.9 Å². The van der Waals surface area contributed by atoms with E-state index in [1.807, 2.05) is 12.1 Å². The number of amides is 1. The zero-order chi connectivity index (χ0) is 35.0. The van der Waals surface area contributed by atoms with Crippen molar-refractivity contribution >= 4 is 45.0 Å². The number of alkyl halides is 1. The van der Waals surface area contributed by atoms with Gasteiger partial charge in [0.2, 0.25) is 5.75 Å². The molecular formula is C34H46ClCrN3O9. The van der Waals surface area contributed by atoms with Crippen molar-refractivity contribution in [2.24, 2.45) is 0 Å². The number of anilines is 1. The largest absolute Gasteiger partial charge is 0.506 e. The van der Waals surface area contributed by atoms with Gasteiger partial charge in [0.1, 0.15) is 17.0 Å². The number of carbonyl (C=O) groups excluding carboxylic acids is 1. The molecule has 0 spiro atoms. The smallest absolute Gasteiger partial charge is 0.274 e. The molecule has 0 fully saturated rings. The molecule has 0 saturated heterocycles. The molecule has 4 aromatic rings. The first-order chi connectivity index (χ1) is 22.3. The summed E-state index contributed by atoms with van der Waals surface area (Å²) < 4.78 is 16.4. The van der Waals surface area contributed by atoms with Crippen molar-refractivity contribution in [3.63, 3.8) is 0 Å². The van der Waals surface area contributed by atoms with Gasteiger partial charge < -0.3 is 49.6 Å². The van der Waals surface area contributed by atoms with Gasteiger partial charge in [-0.3, -0.25) is 9.78 Å². The van der Waals surface area contributed by atoms with Crippen molar-refractivity contribution < 1.29 is 61.9 Å². The molecule has 1 amide bonds. The van der Waals surface area contributed by atoms with Gasteiger partial charge in [-0.05, 0) is 64.3 Å². The van der Waals surface area contributed by atoms with Gasteiger partial charge in [-0.15, -0.1) is 11.6 Å². The molecule has 264 valence electrons. The fourth-order valence-corrected chi connectivity index (χ4v) is 5.86. The van der Waals surface area contributed by atoms with Crippen LogP contribution >= 0.6 is 11.6 Å². The van der Waals surface area contributed by atoms with Crippen LogP contribution in [0.3, 0.4) is 0 Å². The number of benzene rings is 2. The van der Waals surface area contributed by atoms with E-state index in [2.05, 4.69) is 9.97 Å². The summed E-state index contributed by atoms with van der Waals surface area (Å²) in [7, 11) is 4.60. The molecule has 14 heteroatoms. The van der Waals surface area contributed by atoms with E-state index in [0.29, 0.717) is 64.9 Å². The number of aliphatic hydroxyl groups is 4. The minimum absolute atomic E-state index is 0. The molecule has 2 aromatic carbocycles. The van der Waals surface area contributed by atoms with Crippen LogP contribution in [0.1, 0.15) is 62.5 Å². The summed E-state index contributed by atoms with van der Waals surface area (Å²) in [4.78, 5) is 22.8. The number of halogens is 1. The number of rotatable bonds is 9. The Morgan fingerprint density at radius 1 is 0.958 bits per heavy atom. The molecule has 1 aliphatic rings. The second-order valence-corrected chi connectivity index (χ2v) is 12.0. The monoisotopic (exact) mass is 727 g/mol. The van der Waals surface area contributed by atoms with Crippen LogP contribution in [-0.2, 0) is 17.4 Å². The predicted octanol–water partition coefficient (Wildman–Crippen LogP) is 4.70. The third kappa shape index (κ3) is 9.66. The standard InChI is InChI=1S/C24H22ClN3O5.2C5H12O2.Cr/c1-31-18-8-12-7-15(27-20(12)23(33-3)22(18)32-2)24(30)28-11-13(10-25)19-14-5-4-6-26-21(14)17(29)9-16(19)28;2*1-4(6)3-5(2)7;/h4-9,13,27,29H,10-11H2,1-3H3;2*4-7H,3H2,1-2H3;. The SMILES string of the molecule is CC(O)CC(C)O.CC(O)CC(C)O.COc1cc2cc(C(=O)N3CC(CCl)c4c3cc(O)c3ncccc43)[nH]c2c(OC)c1OC.[Cr]. The van der Waals surface area contributed by atoms with Crippen LogP contribution in [0.2, 0.25) is 0 Å². The molecule has 0 radical (unpaired) electrons. The number of aliphatic hydroxyl groups excluding tert-OH is 4. The molecule has 5 atom stereocenters. The fraction of sp³-hybridized carbons (Fsp3) is 0.471. The Balaban J connectivity index is 0.000000451. The molecule has 6 N–H and O–H groups in total. The number of phenols is 1. The van der Waals surface area contributed by atoms with Gasteiger partial charge in [-0.1, -0.05) is 6.07 Å². The molecule has 5 unspecified atom stereocenters. The number of pyridine rings is 1. The number of phenolic OH excluding ortho intramolecular Hbond substituents is 1. The molecule has 0 aliphatic carbocycles. The number of hydrogen-bond acceptors (Lipinski definition) is 10. The van der Waals surface area contributed by atoms with Gasteiger partial charge in [0, 0.05) is 58.7 Å². The summed E-state index contributed by atoms with van der Waals surface area (Å²) in [6.45, 7) is 7.03. The van der Waals surface area contributed by atoms with E-state index in [1.54, 1.807) is 64.1 Å². The Morgan fingerprint density at radius 3 is 2.02 bits per heavy atom. The van der Waals surface area contributed by atoms with Gasteiger partial charge >= 0.3 is 0 Å². The molecule has 5 rings (SSSR count). The summed E-state index contributed by atoms with van der Waals surface area (Å²) in [5, 5.41) is 46.4. The third-order valence-electron chi connectivity index (χ3n) is 7.44. The second kappa shape index (κ2) is 18.5. The zero-order valence-electron chi connectivity index (χ0n) is 28.2. The first kappa shape index (κ1) is 40.9. The van der Waals surface area contributed by atoms with Crippen LogP contribution < -0.4 is 19.1 Å². The number of hydrogen-bond donors (Lipinski definition) is 6. The van der Waals surface area contributed by atoms with E-state index < -0.39 is 0 Å². The van der Waals surface area contributed by atoms with Crippen molar-refractivity contribution in [1.29, 1.82) is 0 Å². The van der Waals surface area contributed by atoms with Crippen molar-refractivity contribution in [3.05, 3.63) is 47.8 Å². The van der Waals surface area contributed by atoms with Gasteiger partial charge in [0.05, 0.1) is 56.9 Å². The number of nitrogens with one attached hydrogen (secondary N) is 1. The Morgan fingerprint density at radius 2 is 1.54 bits per heavy atom. The third-order valence-corrected chi connectivity index (χ3v) is 7.81. The van der Waals surface area contributed by atoms with E-state index in [4.69, 9.17) is 46.2 Å². The van der Waals surface area contributed by atoms with Gasteiger partial charge in [-0.25, -0.2) is 0 Å². The topological polar surface area (TPSA) is 178 Å². The van der Waals surface area contributed by atoms with E-state index >= 15 is 0 Å². The van der Waals surface area contributed by atoms with Crippen molar-refractivity contribution in [1.82, 2.24) is 9.97 Å². The number of nitrogens with zero attached hydrogens (tertiary/aromatic N) is 2. The molecule has 0 bridgehead atoms. The van der Waals surface area contributed by atoms with E-state index in [1.165, 1.54) is 14.2 Å². The van der Waals surface area contributed by atoms with Crippen molar-refractivity contribution in [3.8, 4) is 23.0 Å².